The van der Waals surface area contributed by atoms with E-state index < -0.39 is 6.09 Å². The van der Waals surface area contributed by atoms with E-state index in [9.17, 15) is 14.3 Å². The van der Waals surface area contributed by atoms with Gasteiger partial charge < -0.3 is 19.7 Å². The molecule has 1 aromatic carbocycles. The van der Waals surface area contributed by atoms with Gasteiger partial charge in [-0.25, -0.2) is 9.18 Å². The maximum Gasteiger partial charge on any atom is 0.407 e. The van der Waals surface area contributed by atoms with Crippen LogP contribution in [0.15, 0.2) is 18.2 Å². The van der Waals surface area contributed by atoms with E-state index in [1.165, 1.54) is 23.8 Å². The summed E-state index contributed by atoms with van der Waals surface area (Å²) in [6, 6.07) is 5.03. The van der Waals surface area contributed by atoms with Crippen LogP contribution >= 0.6 is 0 Å². The minimum absolute atomic E-state index is 0.0556. The fourth-order valence-corrected chi connectivity index (χ4v) is 4.06. The van der Waals surface area contributed by atoms with Crippen molar-refractivity contribution in [1.82, 2.24) is 9.47 Å². The van der Waals surface area contributed by atoms with Gasteiger partial charge >= 0.3 is 6.09 Å². The molecule has 2 N–H and O–H groups in total. The summed E-state index contributed by atoms with van der Waals surface area (Å²) < 4.78 is 16.4. The zero-order valence-corrected chi connectivity index (χ0v) is 14.1. The number of carboxylic acid groups (broad SMARTS) is 1. The van der Waals surface area contributed by atoms with Crippen LogP contribution in [0.1, 0.15) is 42.9 Å². The van der Waals surface area contributed by atoms with Gasteiger partial charge in [-0.1, -0.05) is 0 Å². The molecule has 1 amide bonds. The molecule has 1 aliphatic carbocycles. The Morgan fingerprint density at radius 2 is 1.88 bits per heavy atom. The van der Waals surface area contributed by atoms with Gasteiger partial charge in [0.25, 0.3) is 0 Å². The first-order valence-electron chi connectivity index (χ1n) is 8.97. The van der Waals surface area contributed by atoms with E-state index in [0.29, 0.717) is 31.8 Å². The number of aliphatic hydroxyl groups excluding tert-OH is 1. The highest BCUT2D eigenvalue weighted by Gasteiger charge is 2.28. The fraction of sp³-hybridized carbons (Fsp3) is 0.526. The molecular weight excluding hydrogens is 323 g/mol. The zero-order chi connectivity index (χ0) is 17.6. The Morgan fingerprint density at radius 1 is 1.16 bits per heavy atom. The van der Waals surface area contributed by atoms with Crippen LogP contribution < -0.4 is 0 Å². The molecule has 0 unspecified atom stereocenters. The third-order valence-corrected chi connectivity index (χ3v) is 5.58. The lowest BCUT2D eigenvalue weighted by Gasteiger charge is -2.31. The van der Waals surface area contributed by atoms with Gasteiger partial charge in [0.15, 0.2) is 0 Å². The smallest absolute Gasteiger partial charge is 0.407 e. The van der Waals surface area contributed by atoms with Crippen molar-refractivity contribution in [3.05, 3.63) is 35.3 Å². The number of aliphatic hydroxyl groups is 1. The van der Waals surface area contributed by atoms with Crippen LogP contribution in [0, 0.1) is 11.7 Å². The Kier molecular flexibility index (Phi) is 4.15. The highest BCUT2D eigenvalue weighted by atomic mass is 19.1. The lowest BCUT2D eigenvalue weighted by molar-refractivity contribution is 0.132. The van der Waals surface area contributed by atoms with Gasteiger partial charge in [0.05, 0.1) is 12.1 Å². The fourth-order valence-electron chi connectivity index (χ4n) is 4.06. The third-order valence-electron chi connectivity index (χ3n) is 5.58. The molecular formula is C19H23FN2O3. The highest BCUT2D eigenvalue weighted by Crippen LogP contribution is 2.38. The van der Waals surface area contributed by atoms with Crippen molar-refractivity contribution in [2.75, 3.05) is 13.1 Å². The molecule has 25 heavy (non-hydrogen) atoms. The summed E-state index contributed by atoms with van der Waals surface area (Å²) in [5, 5.41) is 19.7. The van der Waals surface area contributed by atoms with Crippen molar-refractivity contribution in [3.63, 3.8) is 0 Å². The number of hydrogen-bond donors (Lipinski definition) is 2. The maximum absolute atomic E-state index is 14.2. The van der Waals surface area contributed by atoms with Crippen LogP contribution in [0.5, 0.6) is 0 Å². The minimum atomic E-state index is -0.887. The summed E-state index contributed by atoms with van der Waals surface area (Å²) >= 11 is 0. The summed E-state index contributed by atoms with van der Waals surface area (Å²) in [6.07, 6.45) is 2.93. The number of amides is 1. The molecule has 1 saturated carbocycles. The molecule has 5 nitrogen and oxygen atoms in total. The van der Waals surface area contributed by atoms with Crippen LogP contribution in [-0.4, -0.2) is 38.9 Å². The van der Waals surface area contributed by atoms with E-state index in [1.54, 1.807) is 6.07 Å². The summed E-state index contributed by atoms with van der Waals surface area (Å²) in [7, 11) is 0. The first kappa shape index (κ1) is 16.4. The Balaban J connectivity index is 1.74. The predicted molar refractivity (Wildman–Crippen MR) is 92.1 cm³/mol. The first-order valence-corrected chi connectivity index (χ1v) is 8.97. The normalized spacial score (nSPS) is 18.9. The molecule has 2 aromatic rings. The van der Waals surface area contributed by atoms with E-state index >= 15 is 0 Å². The molecule has 0 spiro atoms. The molecule has 0 atom stereocenters. The van der Waals surface area contributed by atoms with E-state index in [0.717, 1.165) is 28.7 Å². The molecule has 6 heteroatoms. The standard InChI is InChI=1S/C19H23FN2O3/c20-15-7-14-8-16(11-23)22(10-12-1-2-12)18(14)17(9-15)13-3-5-21(6-4-13)19(24)25/h7-9,12-13,23H,1-6,10-11H2,(H,24,25). The summed E-state index contributed by atoms with van der Waals surface area (Å²) in [4.78, 5) is 12.5. The lowest BCUT2D eigenvalue weighted by Crippen LogP contribution is -2.36. The number of nitrogens with zero attached hydrogens (tertiary/aromatic N) is 2. The van der Waals surface area contributed by atoms with Crippen LogP contribution in [0.2, 0.25) is 0 Å². The molecule has 2 heterocycles. The van der Waals surface area contributed by atoms with Crippen molar-refractivity contribution in [1.29, 1.82) is 0 Å². The molecule has 0 radical (unpaired) electrons. The molecule has 4 rings (SSSR count). The second-order valence-electron chi connectivity index (χ2n) is 7.32. The molecule has 1 aromatic heterocycles. The van der Waals surface area contributed by atoms with Gasteiger partial charge in [0.1, 0.15) is 5.82 Å². The second-order valence-corrected chi connectivity index (χ2v) is 7.32. The summed E-state index contributed by atoms with van der Waals surface area (Å²) in [5.74, 6) is 0.525. The molecule has 2 fully saturated rings. The number of carbonyl (C=O) groups is 1. The number of aromatic nitrogens is 1. The number of fused-ring (bicyclic) bond motifs is 1. The molecule has 1 saturated heterocycles. The van der Waals surface area contributed by atoms with E-state index in [-0.39, 0.29) is 18.3 Å². The Labute approximate surface area is 145 Å². The molecule has 0 bridgehead atoms. The Hall–Kier alpha value is -2.08. The van der Waals surface area contributed by atoms with Crippen molar-refractivity contribution >= 4 is 17.0 Å². The van der Waals surface area contributed by atoms with Gasteiger partial charge in [-0.15, -0.1) is 0 Å². The lowest BCUT2D eigenvalue weighted by atomic mass is 9.88. The minimum Gasteiger partial charge on any atom is -0.465 e. The van der Waals surface area contributed by atoms with Gasteiger partial charge in [-0.2, -0.15) is 0 Å². The number of hydrogen-bond acceptors (Lipinski definition) is 2. The topological polar surface area (TPSA) is 65.7 Å². The third kappa shape index (κ3) is 3.11. The number of rotatable bonds is 4. The van der Waals surface area contributed by atoms with Crippen LogP contribution in [0.3, 0.4) is 0 Å². The summed E-state index contributed by atoms with van der Waals surface area (Å²) in [6.45, 7) is 1.77. The Morgan fingerprint density at radius 3 is 2.48 bits per heavy atom. The average Bonchev–Trinajstić information content (AvgIpc) is 3.35. The average molecular weight is 346 g/mol. The number of likely N-dealkylation sites (tertiary alicyclic amines) is 1. The monoisotopic (exact) mass is 346 g/mol. The maximum atomic E-state index is 14.2. The number of piperidine rings is 1. The van der Waals surface area contributed by atoms with Crippen LogP contribution in [-0.2, 0) is 13.2 Å². The van der Waals surface area contributed by atoms with E-state index in [4.69, 9.17) is 5.11 Å². The molecule has 1 aliphatic heterocycles. The SMILES string of the molecule is O=C(O)N1CCC(c2cc(F)cc3cc(CO)n(CC4CC4)c23)CC1. The van der Waals surface area contributed by atoms with Gasteiger partial charge in [-0.05, 0) is 61.3 Å². The quantitative estimate of drug-likeness (QED) is 0.890. The highest BCUT2D eigenvalue weighted by molar-refractivity contribution is 5.85. The second kappa shape index (κ2) is 6.33. The summed E-state index contributed by atoms with van der Waals surface area (Å²) in [5.41, 5.74) is 2.81. The van der Waals surface area contributed by atoms with Crippen LogP contribution in [0.25, 0.3) is 10.9 Å². The molecule has 134 valence electrons. The zero-order valence-electron chi connectivity index (χ0n) is 14.1. The van der Waals surface area contributed by atoms with Crippen molar-refractivity contribution in [3.8, 4) is 0 Å². The first-order chi connectivity index (χ1) is 12.1. The number of benzene rings is 1. The van der Waals surface area contributed by atoms with Crippen molar-refractivity contribution in [2.45, 2.75) is 44.8 Å². The van der Waals surface area contributed by atoms with Gasteiger partial charge in [0.2, 0.25) is 0 Å². The van der Waals surface area contributed by atoms with Crippen molar-refractivity contribution in [2.24, 2.45) is 5.92 Å². The van der Waals surface area contributed by atoms with Crippen molar-refractivity contribution < 1.29 is 19.4 Å². The number of halogens is 1. The van der Waals surface area contributed by atoms with E-state index in [1.807, 2.05) is 6.07 Å². The Bertz CT molecular complexity index is 805. The van der Waals surface area contributed by atoms with Crippen LogP contribution in [0.4, 0.5) is 9.18 Å². The van der Waals surface area contributed by atoms with Gasteiger partial charge in [0, 0.05) is 30.7 Å². The predicted octanol–water partition coefficient (Wildman–Crippen LogP) is 3.54. The van der Waals surface area contributed by atoms with E-state index in [2.05, 4.69) is 4.57 Å². The largest absolute Gasteiger partial charge is 0.465 e. The molecule has 2 aliphatic rings. The van der Waals surface area contributed by atoms with Gasteiger partial charge in [-0.3, -0.25) is 0 Å².